The van der Waals surface area contributed by atoms with Crippen molar-refractivity contribution in [2.75, 3.05) is 26.9 Å². The molecule has 2 heterocycles. The zero-order chi connectivity index (χ0) is 16.4. The van der Waals surface area contributed by atoms with Gasteiger partial charge in [-0.1, -0.05) is 0 Å². The molecule has 1 amide bonds. The van der Waals surface area contributed by atoms with Gasteiger partial charge in [0.15, 0.2) is 0 Å². The number of morpholine rings is 1. The minimum Gasteiger partial charge on any atom is -0.497 e. The van der Waals surface area contributed by atoms with Gasteiger partial charge in [-0.25, -0.2) is 0 Å². The Kier molecular flexibility index (Phi) is 4.54. The number of nitrogens with one attached hydrogen (secondary N) is 2. The van der Waals surface area contributed by atoms with E-state index >= 15 is 0 Å². The first kappa shape index (κ1) is 15.8. The normalized spacial score (nSPS) is 19.5. The molecule has 1 aromatic heterocycles. The molecule has 1 aliphatic heterocycles. The molecule has 23 heavy (non-hydrogen) atoms. The second kappa shape index (κ2) is 6.60. The molecule has 3 rings (SSSR count). The SMILES string of the molecule is COc1ccc2oc(C(C)NC(=O)C3COCCN3)c(C)c2c1. The van der Waals surface area contributed by atoms with Gasteiger partial charge >= 0.3 is 0 Å². The molecule has 0 aliphatic carbocycles. The number of rotatable bonds is 4. The van der Waals surface area contributed by atoms with Crippen molar-refractivity contribution in [3.8, 4) is 5.75 Å². The summed E-state index contributed by atoms with van der Waals surface area (Å²) in [5.74, 6) is 1.47. The number of fused-ring (bicyclic) bond motifs is 1. The molecule has 0 saturated carbocycles. The van der Waals surface area contributed by atoms with Gasteiger partial charge in [-0.15, -0.1) is 0 Å². The van der Waals surface area contributed by atoms with Gasteiger partial charge in [0.1, 0.15) is 23.1 Å². The molecule has 2 aromatic rings. The van der Waals surface area contributed by atoms with Crippen LogP contribution in [0.2, 0.25) is 0 Å². The Labute approximate surface area is 135 Å². The molecule has 0 bridgehead atoms. The quantitative estimate of drug-likeness (QED) is 0.901. The first-order chi connectivity index (χ1) is 11.1. The Bertz CT molecular complexity index is 704. The summed E-state index contributed by atoms with van der Waals surface area (Å²) in [6, 6.07) is 5.17. The van der Waals surface area contributed by atoms with Crippen molar-refractivity contribution in [3.63, 3.8) is 0 Å². The second-order valence-electron chi connectivity index (χ2n) is 5.77. The zero-order valence-corrected chi connectivity index (χ0v) is 13.6. The molecule has 2 atom stereocenters. The zero-order valence-electron chi connectivity index (χ0n) is 13.6. The van der Waals surface area contributed by atoms with Gasteiger partial charge in [-0.2, -0.15) is 0 Å². The highest BCUT2D eigenvalue weighted by Gasteiger charge is 2.25. The van der Waals surface area contributed by atoms with Crippen molar-refractivity contribution in [2.24, 2.45) is 0 Å². The van der Waals surface area contributed by atoms with E-state index in [1.807, 2.05) is 32.0 Å². The van der Waals surface area contributed by atoms with Crippen LogP contribution in [-0.4, -0.2) is 38.8 Å². The second-order valence-corrected chi connectivity index (χ2v) is 5.77. The number of aryl methyl sites for hydroxylation is 1. The Morgan fingerprint density at radius 2 is 2.30 bits per heavy atom. The number of amides is 1. The monoisotopic (exact) mass is 318 g/mol. The number of carbonyl (C=O) groups excluding carboxylic acids is 1. The van der Waals surface area contributed by atoms with Crippen LogP contribution in [0.15, 0.2) is 22.6 Å². The highest BCUT2D eigenvalue weighted by Crippen LogP contribution is 2.31. The summed E-state index contributed by atoms with van der Waals surface area (Å²) >= 11 is 0. The van der Waals surface area contributed by atoms with E-state index in [4.69, 9.17) is 13.9 Å². The van der Waals surface area contributed by atoms with Gasteiger partial charge < -0.3 is 24.5 Å². The smallest absolute Gasteiger partial charge is 0.240 e. The number of furan rings is 1. The highest BCUT2D eigenvalue weighted by molar-refractivity contribution is 5.85. The molecule has 1 aromatic carbocycles. The summed E-state index contributed by atoms with van der Waals surface area (Å²) in [6.45, 7) is 5.64. The van der Waals surface area contributed by atoms with Gasteiger partial charge in [0.25, 0.3) is 0 Å². The maximum Gasteiger partial charge on any atom is 0.240 e. The summed E-state index contributed by atoms with van der Waals surface area (Å²) < 4.78 is 16.5. The number of ether oxygens (including phenoxy) is 2. The molecule has 6 heteroatoms. The first-order valence-electron chi connectivity index (χ1n) is 7.78. The van der Waals surface area contributed by atoms with E-state index in [2.05, 4.69) is 10.6 Å². The molecular weight excluding hydrogens is 296 g/mol. The lowest BCUT2D eigenvalue weighted by atomic mass is 10.1. The third-order valence-electron chi connectivity index (χ3n) is 4.17. The maximum atomic E-state index is 12.3. The van der Waals surface area contributed by atoms with Crippen LogP contribution in [-0.2, 0) is 9.53 Å². The summed E-state index contributed by atoms with van der Waals surface area (Å²) in [4.78, 5) is 12.3. The summed E-state index contributed by atoms with van der Waals surface area (Å²) in [6.07, 6.45) is 0. The molecular formula is C17H22N2O4. The minimum atomic E-state index is -0.309. The number of hydrogen-bond donors (Lipinski definition) is 2. The van der Waals surface area contributed by atoms with Gasteiger partial charge in [0, 0.05) is 17.5 Å². The summed E-state index contributed by atoms with van der Waals surface area (Å²) in [5, 5.41) is 7.14. The Morgan fingerprint density at radius 1 is 1.48 bits per heavy atom. The largest absolute Gasteiger partial charge is 0.497 e. The fourth-order valence-electron chi connectivity index (χ4n) is 2.87. The van der Waals surface area contributed by atoms with Gasteiger partial charge in [0.05, 0.1) is 26.4 Å². The predicted octanol–water partition coefficient (Wildman–Crippen LogP) is 1.92. The van der Waals surface area contributed by atoms with Crippen LogP contribution in [0.25, 0.3) is 11.0 Å². The van der Waals surface area contributed by atoms with Crippen molar-refractivity contribution in [1.82, 2.24) is 10.6 Å². The average molecular weight is 318 g/mol. The topological polar surface area (TPSA) is 72.7 Å². The Balaban J connectivity index is 1.78. The third-order valence-corrected chi connectivity index (χ3v) is 4.17. The van der Waals surface area contributed by atoms with Crippen LogP contribution in [0.1, 0.15) is 24.3 Å². The molecule has 0 spiro atoms. The van der Waals surface area contributed by atoms with E-state index in [1.165, 1.54) is 0 Å². The van der Waals surface area contributed by atoms with E-state index < -0.39 is 0 Å². The van der Waals surface area contributed by atoms with E-state index in [0.29, 0.717) is 19.8 Å². The molecule has 6 nitrogen and oxygen atoms in total. The number of benzene rings is 1. The van der Waals surface area contributed by atoms with Crippen molar-refractivity contribution in [2.45, 2.75) is 25.9 Å². The molecule has 1 fully saturated rings. The fraction of sp³-hybridized carbons (Fsp3) is 0.471. The third kappa shape index (κ3) is 3.18. The van der Waals surface area contributed by atoms with Crippen molar-refractivity contribution < 1.29 is 18.7 Å². The van der Waals surface area contributed by atoms with Crippen molar-refractivity contribution in [1.29, 1.82) is 0 Å². The lowest BCUT2D eigenvalue weighted by Gasteiger charge is -2.24. The van der Waals surface area contributed by atoms with Gasteiger partial charge in [-0.05, 0) is 32.0 Å². The molecule has 0 radical (unpaired) electrons. The molecule has 2 unspecified atom stereocenters. The molecule has 124 valence electrons. The number of hydrogen-bond acceptors (Lipinski definition) is 5. The lowest BCUT2D eigenvalue weighted by Crippen LogP contribution is -2.51. The first-order valence-corrected chi connectivity index (χ1v) is 7.78. The average Bonchev–Trinajstić information content (AvgIpc) is 2.92. The lowest BCUT2D eigenvalue weighted by molar-refractivity contribution is -0.126. The van der Waals surface area contributed by atoms with Crippen LogP contribution in [0.4, 0.5) is 0 Å². The van der Waals surface area contributed by atoms with Crippen molar-refractivity contribution >= 4 is 16.9 Å². The van der Waals surface area contributed by atoms with Crippen LogP contribution in [0.5, 0.6) is 5.75 Å². The van der Waals surface area contributed by atoms with Crippen LogP contribution >= 0.6 is 0 Å². The van der Waals surface area contributed by atoms with E-state index in [9.17, 15) is 4.79 Å². The van der Waals surface area contributed by atoms with Gasteiger partial charge in [0.2, 0.25) is 5.91 Å². The predicted molar refractivity (Wildman–Crippen MR) is 86.7 cm³/mol. The minimum absolute atomic E-state index is 0.0744. The van der Waals surface area contributed by atoms with Crippen LogP contribution in [0, 0.1) is 6.92 Å². The number of methoxy groups -OCH3 is 1. The van der Waals surface area contributed by atoms with Crippen LogP contribution < -0.4 is 15.4 Å². The standard InChI is InChI=1S/C17H22N2O4/c1-10-13-8-12(21-3)4-5-15(13)23-16(10)11(2)19-17(20)14-9-22-7-6-18-14/h4-5,8,11,14,18H,6-7,9H2,1-3H3,(H,19,20). The molecule has 1 saturated heterocycles. The maximum absolute atomic E-state index is 12.3. The van der Waals surface area contributed by atoms with Gasteiger partial charge in [-0.3, -0.25) is 4.79 Å². The fourth-order valence-corrected chi connectivity index (χ4v) is 2.87. The van der Waals surface area contributed by atoms with E-state index in [1.54, 1.807) is 7.11 Å². The van der Waals surface area contributed by atoms with E-state index in [-0.39, 0.29) is 18.0 Å². The van der Waals surface area contributed by atoms with E-state index in [0.717, 1.165) is 28.0 Å². The summed E-state index contributed by atoms with van der Waals surface area (Å²) in [5.41, 5.74) is 1.80. The van der Waals surface area contributed by atoms with Crippen LogP contribution in [0.3, 0.4) is 0 Å². The summed E-state index contributed by atoms with van der Waals surface area (Å²) in [7, 11) is 1.64. The Hall–Kier alpha value is -2.05. The number of carbonyl (C=O) groups is 1. The van der Waals surface area contributed by atoms with Crippen molar-refractivity contribution in [3.05, 3.63) is 29.5 Å². The highest BCUT2D eigenvalue weighted by atomic mass is 16.5. The molecule has 1 aliphatic rings. The Morgan fingerprint density at radius 3 is 3.00 bits per heavy atom. The molecule has 2 N–H and O–H groups in total.